The van der Waals surface area contributed by atoms with Gasteiger partial charge < -0.3 is 5.73 Å². The van der Waals surface area contributed by atoms with Gasteiger partial charge in [-0.25, -0.2) is 12.7 Å². The summed E-state index contributed by atoms with van der Waals surface area (Å²) in [5.41, 5.74) is 6.15. The monoisotopic (exact) mass is 284 g/mol. The number of nitrogens with zero attached hydrogens (tertiary/aromatic N) is 1. The summed E-state index contributed by atoms with van der Waals surface area (Å²) in [6.45, 7) is 0.597. The molecule has 0 amide bonds. The van der Waals surface area contributed by atoms with E-state index < -0.39 is 10.0 Å². The molecule has 4 nitrogen and oxygen atoms in total. The molecule has 0 heterocycles. The van der Waals surface area contributed by atoms with Gasteiger partial charge in [0, 0.05) is 19.2 Å². The molecule has 1 aliphatic carbocycles. The van der Waals surface area contributed by atoms with Crippen LogP contribution in [-0.2, 0) is 10.0 Å². The molecule has 0 spiro atoms. The van der Waals surface area contributed by atoms with Crippen LogP contribution in [0.3, 0.4) is 0 Å². The van der Waals surface area contributed by atoms with E-state index in [1.165, 1.54) is 4.31 Å². The smallest absolute Gasteiger partial charge is 0.242 e. The Bertz CT molecular complexity index is 548. The summed E-state index contributed by atoms with van der Waals surface area (Å²) in [7, 11) is -1.77. The molecule has 0 aliphatic heterocycles. The summed E-state index contributed by atoms with van der Waals surface area (Å²) >= 11 is 4.83. The fourth-order valence-electron chi connectivity index (χ4n) is 1.73. The molecule has 1 aromatic rings. The molecular formula is C12H16N2O2S2. The lowest BCUT2D eigenvalue weighted by atomic mass is 10.2. The van der Waals surface area contributed by atoms with Crippen molar-refractivity contribution in [3.8, 4) is 0 Å². The van der Waals surface area contributed by atoms with Crippen molar-refractivity contribution in [2.75, 3.05) is 13.6 Å². The summed E-state index contributed by atoms with van der Waals surface area (Å²) in [5, 5.41) is 0. The predicted octanol–water partition coefficient (Wildman–Crippen LogP) is 1.35. The van der Waals surface area contributed by atoms with Crippen LogP contribution in [0.2, 0.25) is 0 Å². The van der Waals surface area contributed by atoms with Gasteiger partial charge in [-0.15, -0.1) is 0 Å². The molecule has 18 heavy (non-hydrogen) atoms. The first-order chi connectivity index (χ1) is 8.41. The number of nitrogens with two attached hydrogens (primary N) is 1. The third kappa shape index (κ3) is 2.88. The zero-order chi connectivity index (χ0) is 13.3. The minimum absolute atomic E-state index is 0.269. The molecule has 0 unspecified atom stereocenters. The number of thiocarbonyl (C=S) groups is 1. The van der Waals surface area contributed by atoms with Crippen molar-refractivity contribution in [1.29, 1.82) is 0 Å². The summed E-state index contributed by atoms with van der Waals surface area (Å²) < 4.78 is 25.9. The first-order valence-electron chi connectivity index (χ1n) is 5.77. The lowest BCUT2D eigenvalue weighted by molar-refractivity contribution is 0.453. The summed E-state index contributed by atoms with van der Waals surface area (Å²) in [6.07, 6.45) is 2.25. The van der Waals surface area contributed by atoms with Gasteiger partial charge in [-0.2, -0.15) is 0 Å². The maximum absolute atomic E-state index is 12.2. The summed E-state index contributed by atoms with van der Waals surface area (Å²) in [4.78, 5) is 0.552. The Morgan fingerprint density at radius 3 is 2.39 bits per heavy atom. The highest BCUT2D eigenvalue weighted by Gasteiger charge is 2.29. The van der Waals surface area contributed by atoms with Crippen LogP contribution in [0.4, 0.5) is 0 Å². The second-order valence-electron chi connectivity index (χ2n) is 4.62. The Kier molecular flexibility index (Phi) is 3.70. The van der Waals surface area contributed by atoms with Crippen molar-refractivity contribution in [2.45, 2.75) is 17.7 Å². The highest BCUT2D eigenvalue weighted by atomic mass is 32.2. The van der Waals surface area contributed by atoms with Gasteiger partial charge in [-0.3, -0.25) is 0 Å². The van der Waals surface area contributed by atoms with Crippen molar-refractivity contribution in [1.82, 2.24) is 4.31 Å². The molecule has 0 aromatic heterocycles. The average molecular weight is 284 g/mol. The lowest BCUT2D eigenvalue weighted by Crippen LogP contribution is -2.29. The largest absolute Gasteiger partial charge is 0.389 e. The summed E-state index contributed by atoms with van der Waals surface area (Å²) in [5.74, 6) is 0.528. The quantitative estimate of drug-likeness (QED) is 0.829. The Labute approximate surface area is 113 Å². The number of benzene rings is 1. The standard InChI is InChI=1S/C12H16N2O2S2/c1-14(8-9-2-3-9)18(15,16)11-6-4-10(5-7-11)12(13)17/h4-7,9H,2-3,8H2,1H3,(H2,13,17). The molecule has 6 heteroatoms. The van der Waals surface area contributed by atoms with E-state index in [1.54, 1.807) is 31.3 Å². The molecule has 1 fully saturated rings. The highest BCUT2D eigenvalue weighted by Crippen LogP contribution is 2.30. The fraction of sp³-hybridized carbons (Fsp3) is 0.417. The molecule has 0 radical (unpaired) electrons. The molecule has 1 aromatic carbocycles. The number of hydrogen-bond donors (Lipinski definition) is 1. The van der Waals surface area contributed by atoms with Gasteiger partial charge in [0.1, 0.15) is 4.99 Å². The molecule has 0 saturated heterocycles. The SMILES string of the molecule is CN(CC1CC1)S(=O)(=O)c1ccc(C(N)=S)cc1. The van der Waals surface area contributed by atoms with Crippen molar-refractivity contribution >= 4 is 27.2 Å². The van der Waals surface area contributed by atoms with Crippen molar-refractivity contribution in [3.05, 3.63) is 29.8 Å². The second kappa shape index (κ2) is 4.95. The van der Waals surface area contributed by atoms with Gasteiger partial charge in [0.15, 0.2) is 0 Å². The van der Waals surface area contributed by atoms with Crippen LogP contribution in [0.1, 0.15) is 18.4 Å². The van der Waals surface area contributed by atoms with E-state index in [0.717, 1.165) is 12.8 Å². The van der Waals surface area contributed by atoms with Gasteiger partial charge in [0.2, 0.25) is 10.0 Å². The van der Waals surface area contributed by atoms with Crippen LogP contribution in [0.5, 0.6) is 0 Å². The van der Waals surface area contributed by atoms with Crippen molar-refractivity contribution in [3.63, 3.8) is 0 Å². The topological polar surface area (TPSA) is 63.4 Å². The average Bonchev–Trinajstić information content (AvgIpc) is 3.13. The number of rotatable bonds is 5. The maximum Gasteiger partial charge on any atom is 0.242 e. The van der Waals surface area contributed by atoms with E-state index in [0.29, 0.717) is 18.0 Å². The molecule has 2 rings (SSSR count). The highest BCUT2D eigenvalue weighted by molar-refractivity contribution is 7.89. The number of hydrogen-bond acceptors (Lipinski definition) is 3. The van der Waals surface area contributed by atoms with Crippen LogP contribution in [0, 0.1) is 5.92 Å². The zero-order valence-corrected chi connectivity index (χ0v) is 11.8. The Hall–Kier alpha value is -0.980. The third-order valence-corrected chi connectivity index (χ3v) is 5.13. The summed E-state index contributed by atoms with van der Waals surface area (Å²) in [6, 6.07) is 6.38. The molecule has 1 aliphatic rings. The van der Waals surface area contributed by atoms with E-state index in [9.17, 15) is 8.42 Å². The minimum Gasteiger partial charge on any atom is -0.389 e. The first-order valence-corrected chi connectivity index (χ1v) is 7.62. The zero-order valence-electron chi connectivity index (χ0n) is 10.2. The van der Waals surface area contributed by atoms with Gasteiger partial charge >= 0.3 is 0 Å². The van der Waals surface area contributed by atoms with Gasteiger partial charge in [-0.1, -0.05) is 24.4 Å². The minimum atomic E-state index is -3.39. The van der Waals surface area contributed by atoms with Crippen molar-refractivity contribution < 1.29 is 8.42 Å². The molecule has 2 N–H and O–H groups in total. The normalized spacial score (nSPS) is 15.9. The molecule has 1 saturated carbocycles. The third-order valence-electron chi connectivity index (χ3n) is 3.06. The van der Waals surface area contributed by atoms with Crippen LogP contribution in [0.25, 0.3) is 0 Å². The second-order valence-corrected chi connectivity index (χ2v) is 7.10. The Morgan fingerprint density at radius 2 is 1.94 bits per heavy atom. The molecule has 0 bridgehead atoms. The Balaban J connectivity index is 2.20. The van der Waals surface area contributed by atoms with Crippen LogP contribution < -0.4 is 5.73 Å². The van der Waals surface area contributed by atoms with E-state index in [-0.39, 0.29) is 9.88 Å². The van der Waals surface area contributed by atoms with Crippen molar-refractivity contribution in [2.24, 2.45) is 11.7 Å². The molecule has 0 atom stereocenters. The fourth-order valence-corrected chi connectivity index (χ4v) is 3.12. The first kappa shape index (κ1) is 13.5. The van der Waals surface area contributed by atoms with E-state index in [1.807, 2.05) is 0 Å². The number of sulfonamides is 1. The van der Waals surface area contributed by atoms with Crippen LogP contribution >= 0.6 is 12.2 Å². The van der Waals surface area contributed by atoms with E-state index in [2.05, 4.69) is 0 Å². The van der Waals surface area contributed by atoms with Gasteiger partial charge in [0.25, 0.3) is 0 Å². The Morgan fingerprint density at radius 1 is 1.39 bits per heavy atom. The van der Waals surface area contributed by atoms with Gasteiger partial charge in [-0.05, 0) is 30.9 Å². The van der Waals surface area contributed by atoms with E-state index >= 15 is 0 Å². The molecule has 98 valence electrons. The van der Waals surface area contributed by atoms with Crippen LogP contribution in [-0.4, -0.2) is 31.3 Å². The predicted molar refractivity (Wildman–Crippen MR) is 74.9 cm³/mol. The lowest BCUT2D eigenvalue weighted by Gasteiger charge is -2.16. The maximum atomic E-state index is 12.2. The van der Waals surface area contributed by atoms with E-state index in [4.69, 9.17) is 18.0 Å². The van der Waals surface area contributed by atoms with Crippen LogP contribution in [0.15, 0.2) is 29.2 Å². The molecular weight excluding hydrogens is 268 g/mol. The van der Waals surface area contributed by atoms with Gasteiger partial charge in [0.05, 0.1) is 4.90 Å².